The molecule has 1 N–H and O–H groups in total. The highest BCUT2D eigenvalue weighted by molar-refractivity contribution is 7.80. The van der Waals surface area contributed by atoms with Crippen molar-refractivity contribution in [3.05, 3.63) is 119 Å². The van der Waals surface area contributed by atoms with Crippen LogP contribution in [0.4, 0.5) is 5.69 Å². The quantitative estimate of drug-likeness (QED) is 0.150. The number of nitrogens with zero attached hydrogens (tertiary/aromatic N) is 2. The zero-order chi connectivity index (χ0) is 26.8. The number of rotatable bonds is 6. The van der Waals surface area contributed by atoms with E-state index < -0.39 is 11.8 Å². The van der Waals surface area contributed by atoms with Gasteiger partial charge in [0.25, 0.3) is 11.8 Å². The van der Waals surface area contributed by atoms with Gasteiger partial charge in [-0.2, -0.15) is 0 Å². The molecule has 1 aliphatic rings. The molecule has 0 atom stereocenters. The number of ether oxygens (including phenoxy) is 1. The van der Waals surface area contributed by atoms with Crippen molar-refractivity contribution < 1.29 is 19.1 Å². The number of hydrogen-bond donors (Lipinski definition) is 1. The van der Waals surface area contributed by atoms with Crippen LogP contribution in [-0.2, 0) is 16.6 Å². The number of carbonyl (C=O) groups excluding carboxylic acids is 3. The Morgan fingerprint density at radius 1 is 0.921 bits per heavy atom. The average Bonchev–Trinajstić information content (AvgIpc) is 3.28. The van der Waals surface area contributed by atoms with Gasteiger partial charge in [-0.1, -0.05) is 29.8 Å². The number of thiocarbonyl (C=S) groups is 1. The van der Waals surface area contributed by atoms with Gasteiger partial charge in [-0.3, -0.25) is 24.6 Å². The van der Waals surface area contributed by atoms with E-state index in [0.29, 0.717) is 39.0 Å². The van der Waals surface area contributed by atoms with E-state index in [1.165, 1.54) is 11.0 Å². The van der Waals surface area contributed by atoms with Crippen LogP contribution in [0.1, 0.15) is 21.6 Å². The number of ketones is 1. The van der Waals surface area contributed by atoms with Crippen molar-refractivity contribution in [3.63, 3.8) is 0 Å². The number of aryl methyl sites for hydroxylation is 1. The van der Waals surface area contributed by atoms with E-state index >= 15 is 0 Å². The molecule has 1 aromatic heterocycles. The van der Waals surface area contributed by atoms with Gasteiger partial charge < -0.3 is 9.30 Å². The van der Waals surface area contributed by atoms with Crippen molar-refractivity contribution in [1.82, 2.24) is 9.88 Å². The molecule has 3 aromatic carbocycles. The maximum Gasteiger partial charge on any atom is 0.270 e. The molecular weight excluding hydrogens is 522 g/mol. The first-order valence-corrected chi connectivity index (χ1v) is 12.3. The van der Waals surface area contributed by atoms with E-state index in [-0.39, 0.29) is 16.5 Å². The van der Waals surface area contributed by atoms with E-state index in [4.69, 9.17) is 28.6 Å². The van der Waals surface area contributed by atoms with Crippen LogP contribution in [0.25, 0.3) is 6.08 Å². The molecule has 38 heavy (non-hydrogen) atoms. The van der Waals surface area contributed by atoms with Gasteiger partial charge in [-0.05, 0) is 85.0 Å². The van der Waals surface area contributed by atoms with E-state index in [1.807, 2.05) is 30.3 Å². The van der Waals surface area contributed by atoms with E-state index in [2.05, 4.69) is 5.32 Å². The van der Waals surface area contributed by atoms with Gasteiger partial charge >= 0.3 is 0 Å². The average molecular weight is 542 g/mol. The second-order valence-electron chi connectivity index (χ2n) is 8.47. The fourth-order valence-corrected chi connectivity index (χ4v) is 4.35. The first kappa shape index (κ1) is 25.1. The summed E-state index contributed by atoms with van der Waals surface area (Å²) in [5.74, 6) is -0.146. The third-order valence-corrected chi connectivity index (χ3v) is 6.42. The molecule has 1 saturated heterocycles. The summed E-state index contributed by atoms with van der Waals surface area (Å²) in [5, 5.41) is 3.07. The number of para-hydroxylation sites is 1. The largest absolute Gasteiger partial charge is 0.457 e. The van der Waals surface area contributed by atoms with Gasteiger partial charge in [-0.25, -0.2) is 0 Å². The first-order chi connectivity index (χ1) is 18.3. The van der Waals surface area contributed by atoms with Crippen LogP contribution >= 0.6 is 23.8 Å². The number of anilines is 1. The zero-order valence-corrected chi connectivity index (χ0v) is 21.6. The Bertz CT molecular complexity index is 1590. The Labute approximate surface area is 228 Å². The molecule has 0 spiro atoms. The summed E-state index contributed by atoms with van der Waals surface area (Å²) in [7, 11) is 1.73. The summed E-state index contributed by atoms with van der Waals surface area (Å²) in [6, 6.07) is 24.3. The molecule has 0 unspecified atom stereocenters. The molecule has 0 saturated carbocycles. The maximum atomic E-state index is 13.4. The number of hydrogen-bond acceptors (Lipinski definition) is 5. The molecule has 2 heterocycles. The second kappa shape index (κ2) is 10.5. The molecule has 188 valence electrons. The van der Waals surface area contributed by atoms with Crippen molar-refractivity contribution >= 4 is 58.3 Å². The number of benzene rings is 3. The van der Waals surface area contributed by atoms with Gasteiger partial charge in [0.2, 0.25) is 0 Å². The van der Waals surface area contributed by atoms with Gasteiger partial charge in [0.05, 0.1) is 5.69 Å². The predicted octanol–water partition coefficient (Wildman–Crippen LogP) is 5.53. The highest BCUT2D eigenvalue weighted by atomic mass is 35.5. The van der Waals surface area contributed by atoms with Gasteiger partial charge in [0.1, 0.15) is 17.1 Å². The Morgan fingerprint density at radius 2 is 1.58 bits per heavy atom. The van der Waals surface area contributed by atoms with E-state index in [9.17, 15) is 14.4 Å². The molecule has 0 radical (unpaired) electrons. The van der Waals surface area contributed by atoms with Crippen LogP contribution in [0.5, 0.6) is 11.5 Å². The van der Waals surface area contributed by atoms with Crippen LogP contribution in [0.15, 0.2) is 96.7 Å². The monoisotopic (exact) mass is 541 g/mol. The van der Waals surface area contributed by atoms with Crippen LogP contribution < -0.4 is 15.0 Å². The number of amides is 2. The first-order valence-electron chi connectivity index (χ1n) is 11.5. The summed E-state index contributed by atoms with van der Waals surface area (Å²) >= 11 is 11.2. The summed E-state index contributed by atoms with van der Waals surface area (Å²) in [6.07, 6.45) is 3.08. The molecule has 9 heteroatoms. The lowest BCUT2D eigenvalue weighted by Gasteiger charge is -2.29. The smallest absolute Gasteiger partial charge is 0.270 e. The number of carbonyl (C=O) groups is 3. The minimum absolute atomic E-state index is 0.0284. The van der Waals surface area contributed by atoms with Crippen LogP contribution in [0, 0.1) is 0 Å². The molecule has 1 fully saturated rings. The molecule has 5 rings (SSSR count). The van der Waals surface area contributed by atoms with Gasteiger partial charge in [0, 0.05) is 35.1 Å². The molecule has 7 nitrogen and oxygen atoms in total. The molecular formula is C29H20ClN3O4S. The zero-order valence-electron chi connectivity index (χ0n) is 20.1. The SMILES string of the molecule is Cn1cc(C(=O)c2ccc(Cl)cc2)cc1C=C1C(=O)NC(=S)N(c2ccc(Oc3ccccc3)cc2)C1=O. The van der Waals surface area contributed by atoms with Crippen molar-refractivity contribution in [1.29, 1.82) is 0 Å². The minimum Gasteiger partial charge on any atom is -0.457 e. The molecule has 0 bridgehead atoms. The fourth-order valence-electron chi connectivity index (χ4n) is 3.94. The Kier molecular flexibility index (Phi) is 6.91. The van der Waals surface area contributed by atoms with Crippen molar-refractivity contribution in [2.24, 2.45) is 7.05 Å². The highest BCUT2D eigenvalue weighted by Gasteiger charge is 2.34. The van der Waals surface area contributed by atoms with Crippen LogP contribution in [-0.4, -0.2) is 27.3 Å². The van der Waals surface area contributed by atoms with Crippen molar-refractivity contribution in [2.45, 2.75) is 0 Å². The maximum absolute atomic E-state index is 13.4. The van der Waals surface area contributed by atoms with Gasteiger partial charge in [0.15, 0.2) is 10.9 Å². The van der Waals surface area contributed by atoms with Crippen molar-refractivity contribution in [3.8, 4) is 11.5 Å². The summed E-state index contributed by atoms with van der Waals surface area (Å²) in [4.78, 5) is 40.3. The molecule has 2 amide bonds. The lowest BCUT2D eigenvalue weighted by Crippen LogP contribution is -2.54. The lowest BCUT2D eigenvalue weighted by atomic mass is 10.1. The normalized spacial score (nSPS) is 14.5. The third kappa shape index (κ3) is 5.13. The van der Waals surface area contributed by atoms with Crippen LogP contribution in [0.2, 0.25) is 5.02 Å². The van der Waals surface area contributed by atoms with Crippen molar-refractivity contribution in [2.75, 3.05) is 4.90 Å². The summed E-state index contributed by atoms with van der Waals surface area (Å²) in [6.45, 7) is 0. The Balaban J connectivity index is 1.40. The number of halogens is 1. The standard InChI is InChI=1S/C29H20ClN3O4S/c1-32-17-19(26(34)18-7-9-20(30)10-8-18)15-22(32)16-25-27(35)31-29(38)33(28(25)36)21-11-13-24(14-12-21)37-23-5-3-2-4-6-23/h2-17H,1H3,(H,31,35,38). The molecule has 0 aliphatic carbocycles. The molecule has 4 aromatic rings. The Morgan fingerprint density at radius 3 is 2.26 bits per heavy atom. The topological polar surface area (TPSA) is 80.6 Å². The number of nitrogens with one attached hydrogen (secondary N) is 1. The van der Waals surface area contributed by atoms with Crippen LogP contribution in [0.3, 0.4) is 0 Å². The minimum atomic E-state index is -0.618. The second-order valence-corrected chi connectivity index (χ2v) is 9.29. The van der Waals surface area contributed by atoms with E-state index in [0.717, 1.165) is 0 Å². The lowest BCUT2D eigenvalue weighted by molar-refractivity contribution is -0.122. The highest BCUT2D eigenvalue weighted by Crippen LogP contribution is 2.27. The van der Waals surface area contributed by atoms with Gasteiger partial charge in [-0.15, -0.1) is 0 Å². The third-order valence-electron chi connectivity index (χ3n) is 5.88. The predicted molar refractivity (Wildman–Crippen MR) is 149 cm³/mol. The Hall–Kier alpha value is -4.53. The summed E-state index contributed by atoms with van der Waals surface area (Å²) < 4.78 is 7.48. The molecule has 1 aliphatic heterocycles. The van der Waals surface area contributed by atoms with E-state index in [1.54, 1.807) is 72.4 Å². The summed E-state index contributed by atoms with van der Waals surface area (Å²) in [5.41, 5.74) is 1.74. The fraction of sp³-hybridized carbons (Fsp3) is 0.0345. The number of aromatic nitrogens is 1.